The van der Waals surface area contributed by atoms with Gasteiger partial charge in [0.15, 0.2) is 0 Å². The second kappa shape index (κ2) is 8.74. The largest absolute Gasteiger partial charge is 0.402 e. The fourth-order valence-corrected chi connectivity index (χ4v) is 3.55. The highest BCUT2D eigenvalue weighted by molar-refractivity contribution is 7.72. The maximum absolute atomic E-state index is 13.0. The van der Waals surface area contributed by atoms with E-state index in [0.717, 1.165) is 10.8 Å². The Bertz CT molecular complexity index is 783. The van der Waals surface area contributed by atoms with Gasteiger partial charge in [0.1, 0.15) is 0 Å². The van der Waals surface area contributed by atoms with Crippen LogP contribution in [0.25, 0.3) is 10.8 Å². The van der Waals surface area contributed by atoms with E-state index in [1.54, 1.807) is 36.4 Å². The van der Waals surface area contributed by atoms with E-state index in [1.807, 2.05) is 44.2 Å². The summed E-state index contributed by atoms with van der Waals surface area (Å²) in [4.78, 5) is 12.9. The number of allylic oxidation sites excluding steroid dienone is 2. The Morgan fingerprint density at radius 3 is 2.17 bits per heavy atom. The zero-order chi connectivity index (χ0) is 17.4. The highest BCUT2D eigenvalue weighted by atomic mass is 31.2. The summed E-state index contributed by atoms with van der Waals surface area (Å²) in [5, 5.41) is 1.63. The van der Waals surface area contributed by atoms with Gasteiger partial charge in [-0.05, 0) is 24.6 Å². The summed E-state index contributed by atoms with van der Waals surface area (Å²) in [6.45, 7) is 3.75. The number of hydrogen-bond acceptors (Lipinski definition) is 4. The summed E-state index contributed by atoms with van der Waals surface area (Å²) in [5.41, 5.74) is -0.273. The lowest BCUT2D eigenvalue weighted by molar-refractivity contribution is 0.101. The number of benzene rings is 2. The minimum absolute atomic E-state index is 0.0557. The fourth-order valence-electron chi connectivity index (χ4n) is 2.19. The van der Waals surface area contributed by atoms with Crippen molar-refractivity contribution in [2.24, 2.45) is 0 Å². The first-order valence-electron chi connectivity index (χ1n) is 7.76. The SMILES string of the molecule is CC=CCOP(=O)(OCC=CC)C(=O)c1cccc2ccccc12. The number of carbonyl (C=O) groups excluding carboxylic acids is 1. The third-order valence-corrected chi connectivity index (χ3v) is 5.14. The monoisotopic (exact) mass is 344 g/mol. The lowest BCUT2D eigenvalue weighted by Crippen LogP contribution is -2.08. The van der Waals surface area contributed by atoms with Crippen molar-refractivity contribution in [2.45, 2.75) is 13.8 Å². The van der Waals surface area contributed by atoms with Crippen molar-refractivity contribution in [3.05, 3.63) is 72.3 Å². The van der Waals surface area contributed by atoms with E-state index >= 15 is 0 Å². The highest BCUT2D eigenvalue weighted by Gasteiger charge is 2.36. The third-order valence-electron chi connectivity index (χ3n) is 3.42. The summed E-state index contributed by atoms with van der Waals surface area (Å²) >= 11 is 0. The zero-order valence-electron chi connectivity index (χ0n) is 13.8. The van der Waals surface area contributed by atoms with Crippen LogP contribution < -0.4 is 0 Å². The molecule has 0 amide bonds. The Hall–Kier alpha value is -2.00. The Labute approximate surface area is 142 Å². The summed E-state index contributed by atoms with van der Waals surface area (Å²) in [6, 6.07) is 12.8. The van der Waals surface area contributed by atoms with Gasteiger partial charge >= 0.3 is 7.60 Å². The van der Waals surface area contributed by atoms with Crippen LogP contribution in [0.4, 0.5) is 0 Å². The molecule has 0 saturated carbocycles. The molecule has 0 saturated heterocycles. The lowest BCUT2D eigenvalue weighted by atomic mass is 10.1. The van der Waals surface area contributed by atoms with Gasteiger partial charge in [-0.3, -0.25) is 18.4 Å². The Kier molecular flexibility index (Phi) is 6.68. The Balaban J connectivity index is 2.39. The van der Waals surface area contributed by atoms with Crippen LogP contribution in [0.1, 0.15) is 24.2 Å². The zero-order valence-corrected chi connectivity index (χ0v) is 14.7. The van der Waals surface area contributed by atoms with Gasteiger partial charge in [-0.2, -0.15) is 0 Å². The van der Waals surface area contributed by atoms with Crippen molar-refractivity contribution in [3.63, 3.8) is 0 Å². The van der Waals surface area contributed by atoms with Crippen LogP contribution in [0.5, 0.6) is 0 Å². The van der Waals surface area contributed by atoms with E-state index in [2.05, 4.69) is 0 Å². The molecule has 24 heavy (non-hydrogen) atoms. The minimum atomic E-state index is -3.94. The summed E-state index contributed by atoms with van der Waals surface area (Å²) < 4.78 is 23.7. The molecule has 0 aromatic heterocycles. The van der Waals surface area contributed by atoms with Gasteiger partial charge in [-0.25, -0.2) is 0 Å². The van der Waals surface area contributed by atoms with Gasteiger partial charge in [-0.15, -0.1) is 0 Å². The molecular formula is C19H21O4P. The average molecular weight is 344 g/mol. The second-order valence-corrected chi connectivity index (χ2v) is 6.98. The first kappa shape index (κ1) is 18.3. The average Bonchev–Trinajstić information content (AvgIpc) is 2.61. The van der Waals surface area contributed by atoms with Gasteiger partial charge in [0, 0.05) is 5.56 Å². The lowest BCUT2D eigenvalue weighted by Gasteiger charge is -2.16. The Morgan fingerprint density at radius 1 is 0.958 bits per heavy atom. The molecule has 0 radical (unpaired) electrons. The molecule has 0 bridgehead atoms. The molecule has 0 aliphatic heterocycles. The molecule has 0 spiro atoms. The van der Waals surface area contributed by atoms with E-state index in [0.29, 0.717) is 5.56 Å². The first-order chi connectivity index (χ1) is 11.6. The topological polar surface area (TPSA) is 52.6 Å². The molecule has 0 N–H and O–H groups in total. The summed E-state index contributed by atoms with van der Waals surface area (Å²) in [5.74, 6) is 0. The molecule has 0 heterocycles. The molecule has 0 fully saturated rings. The van der Waals surface area contributed by atoms with Gasteiger partial charge in [0.2, 0.25) is 0 Å². The predicted molar refractivity (Wildman–Crippen MR) is 97.4 cm³/mol. The van der Waals surface area contributed by atoms with Crippen molar-refractivity contribution < 1.29 is 18.4 Å². The van der Waals surface area contributed by atoms with Crippen molar-refractivity contribution in [1.82, 2.24) is 0 Å². The second-order valence-electron chi connectivity index (χ2n) is 5.06. The van der Waals surface area contributed by atoms with Crippen molar-refractivity contribution >= 4 is 23.9 Å². The van der Waals surface area contributed by atoms with Crippen LogP contribution in [-0.4, -0.2) is 18.7 Å². The molecule has 4 nitrogen and oxygen atoms in total. The molecular weight excluding hydrogens is 323 g/mol. The van der Waals surface area contributed by atoms with Crippen LogP contribution in [0.2, 0.25) is 0 Å². The molecule has 0 aliphatic rings. The standard InChI is InChI=1S/C19H21O4P/c1-3-5-14-22-24(21,23-15-6-4-2)19(20)18-13-9-11-16-10-7-8-12-17(16)18/h3-13H,14-15H2,1-2H3. The number of rotatable bonds is 8. The number of hydrogen-bond donors (Lipinski definition) is 0. The highest BCUT2D eigenvalue weighted by Crippen LogP contribution is 2.52. The molecule has 2 aromatic rings. The maximum Gasteiger partial charge on any atom is 0.402 e. The molecule has 5 heteroatoms. The van der Waals surface area contributed by atoms with Crippen molar-refractivity contribution in [2.75, 3.05) is 13.2 Å². The van der Waals surface area contributed by atoms with Gasteiger partial charge in [-0.1, -0.05) is 66.8 Å². The van der Waals surface area contributed by atoms with Gasteiger partial charge < -0.3 is 0 Å². The minimum Gasteiger partial charge on any atom is -0.299 e. The Morgan fingerprint density at radius 2 is 1.54 bits per heavy atom. The van der Waals surface area contributed by atoms with Crippen LogP contribution in [0.15, 0.2) is 66.8 Å². The van der Waals surface area contributed by atoms with Gasteiger partial charge in [0.05, 0.1) is 13.2 Å². The van der Waals surface area contributed by atoms with Crippen LogP contribution >= 0.6 is 7.60 Å². The molecule has 2 rings (SSSR count). The van der Waals surface area contributed by atoms with E-state index in [-0.39, 0.29) is 13.2 Å². The van der Waals surface area contributed by atoms with Crippen LogP contribution in [-0.2, 0) is 13.6 Å². The third kappa shape index (κ3) is 4.30. The molecule has 126 valence electrons. The van der Waals surface area contributed by atoms with Crippen LogP contribution in [0.3, 0.4) is 0 Å². The van der Waals surface area contributed by atoms with E-state index in [1.165, 1.54) is 0 Å². The molecule has 0 atom stereocenters. The number of fused-ring (bicyclic) bond motifs is 1. The molecule has 0 aliphatic carbocycles. The summed E-state index contributed by atoms with van der Waals surface area (Å²) in [7, 11) is -3.94. The number of carbonyl (C=O) groups is 1. The first-order valence-corrected chi connectivity index (χ1v) is 9.30. The summed E-state index contributed by atoms with van der Waals surface area (Å²) in [6.07, 6.45) is 6.89. The molecule has 2 aromatic carbocycles. The van der Waals surface area contributed by atoms with E-state index in [9.17, 15) is 9.36 Å². The van der Waals surface area contributed by atoms with Crippen LogP contribution in [0, 0.1) is 0 Å². The van der Waals surface area contributed by atoms with Crippen molar-refractivity contribution in [3.8, 4) is 0 Å². The smallest absolute Gasteiger partial charge is 0.299 e. The van der Waals surface area contributed by atoms with E-state index in [4.69, 9.17) is 9.05 Å². The quantitative estimate of drug-likeness (QED) is 0.478. The van der Waals surface area contributed by atoms with E-state index < -0.39 is 13.1 Å². The van der Waals surface area contributed by atoms with Crippen molar-refractivity contribution in [1.29, 1.82) is 0 Å². The normalized spacial score (nSPS) is 14.4. The predicted octanol–water partition coefficient (Wildman–Crippen LogP) is 5.36. The van der Waals surface area contributed by atoms with Gasteiger partial charge in [0.25, 0.3) is 5.52 Å². The fraction of sp³-hybridized carbons (Fsp3) is 0.211. The maximum atomic E-state index is 13.0. The molecule has 0 unspecified atom stereocenters.